The van der Waals surface area contributed by atoms with Gasteiger partial charge in [-0.1, -0.05) is 24.3 Å². The molecule has 10 nitrogen and oxygen atoms in total. The van der Waals surface area contributed by atoms with Crippen molar-refractivity contribution in [3.05, 3.63) is 59.5 Å². The lowest BCUT2D eigenvalue weighted by Crippen LogP contribution is -2.39. The lowest BCUT2D eigenvalue weighted by atomic mass is 10.1. The number of nitrogens with zero attached hydrogens (tertiary/aromatic N) is 5. The van der Waals surface area contributed by atoms with Gasteiger partial charge in [0.05, 0.1) is 32.0 Å². The average molecular weight is 476 g/mol. The molecule has 1 fully saturated rings. The number of rotatable bonds is 7. The first-order valence-electron chi connectivity index (χ1n) is 11.3. The molecule has 2 aliphatic rings. The predicted molar refractivity (Wildman–Crippen MR) is 126 cm³/mol. The number of aryl methyl sites for hydroxylation is 2. The Kier molecular flexibility index (Phi) is 5.72. The van der Waals surface area contributed by atoms with Crippen LogP contribution in [0.15, 0.2) is 57.2 Å². The Bertz CT molecular complexity index is 1320. The molecule has 2 atom stereocenters. The summed E-state index contributed by atoms with van der Waals surface area (Å²) in [6.07, 6.45) is 0.872. The number of fused-ring (bicyclic) bond motifs is 1. The minimum Gasteiger partial charge on any atom is -0.497 e. The van der Waals surface area contributed by atoms with Gasteiger partial charge in [-0.15, -0.1) is 0 Å². The van der Waals surface area contributed by atoms with Gasteiger partial charge in [0.2, 0.25) is 5.89 Å². The lowest BCUT2D eigenvalue weighted by Gasteiger charge is -2.20. The van der Waals surface area contributed by atoms with E-state index in [0.717, 1.165) is 12.0 Å². The van der Waals surface area contributed by atoms with Crippen molar-refractivity contribution in [3.8, 4) is 23.0 Å². The van der Waals surface area contributed by atoms with Crippen LogP contribution in [-0.2, 0) is 22.6 Å². The predicted octanol–water partition coefficient (Wildman–Crippen LogP) is 3.72. The molecule has 2 amide bonds. The van der Waals surface area contributed by atoms with Gasteiger partial charge in [0.15, 0.2) is 12.1 Å². The number of hydrogen-bond donors (Lipinski definition) is 0. The SMILES string of the molecule is CCc1ccc(N2C(=O)[C@H]3N=NN(Cc4nc(-c5ccc(OC)cc5OC)oc4C)[C@@H]3C2=O)cc1. The number of oxazole rings is 1. The molecule has 1 saturated heterocycles. The average Bonchev–Trinajstić information content (AvgIpc) is 3.54. The fourth-order valence-corrected chi connectivity index (χ4v) is 4.31. The van der Waals surface area contributed by atoms with Crippen molar-refractivity contribution in [3.63, 3.8) is 0 Å². The first-order chi connectivity index (χ1) is 16.9. The highest BCUT2D eigenvalue weighted by Crippen LogP contribution is 2.36. The number of carbonyl (C=O) groups is 2. The molecule has 5 rings (SSSR count). The molecule has 35 heavy (non-hydrogen) atoms. The lowest BCUT2D eigenvalue weighted by molar-refractivity contribution is -0.123. The summed E-state index contributed by atoms with van der Waals surface area (Å²) >= 11 is 0. The van der Waals surface area contributed by atoms with Gasteiger partial charge in [-0.2, -0.15) is 5.11 Å². The van der Waals surface area contributed by atoms with Gasteiger partial charge < -0.3 is 13.9 Å². The molecule has 1 aromatic heterocycles. The Labute approximate surface area is 202 Å². The van der Waals surface area contributed by atoms with Crippen molar-refractivity contribution in [1.82, 2.24) is 9.99 Å². The summed E-state index contributed by atoms with van der Waals surface area (Å²) < 4.78 is 16.6. The maximum Gasteiger partial charge on any atom is 0.263 e. The van der Waals surface area contributed by atoms with Crippen molar-refractivity contribution in [1.29, 1.82) is 0 Å². The van der Waals surface area contributed by atoms with E-state index in [9.17, 15) is 9.59 Å². The molecule has 2 aliphatic heterocycles. The Hall–Kier alpha value is -4.21. The maximum atomic E-state index is 13.3. The van der Waals surface area contributed by atoms with Gasteiger partial charge in [-0.05, 0) is 43.2 Å². The summed E-state index contributed by atoms with van der Waals surface area (Å²) in [5.74, 6) is 1.41. The van der Waals surface area contributed by atoms with Crippen LogP contribution in [0.5, 0.6) is 11.5 Å². The molecule has 3 aromatic rings. The van der Waals surface area contributed by atoms with E-state index in [1.165, 1.54) is 9.91 Å². The number of imide groups is 1. The van der Waals surface area contributed by atoms with E-state index in [1.807, 2.05) is 19.1 Å². The highest BCUT2D eigenvalue weighted by atomic mass is 16.5. The molecule has 3 heterocycles. The number of benzene rings is 2. The van der Waals surface area contributed by atoms with Crippen LogP contribution in [0.25, 0.3) is 11.5 Å². The first-order valence-corrected chi connectivity index (χ1v) is 11.3. The molecular weight excluding hydrogens is 450 g/mol. The normalized spacial score (nSPS) is 19.0. The molecule has 0 saturated carbocycles. The molecule has 10 heteroatoms. The van der Waals surface area contributed by atoms with Crippen LogP contribution in [0.1, 0.15) is 23.9 Å². The second kappa shape index (κ2) is 8.86. The van der Waals surface area contributed by atoms with E-state index < -0.39 is 12.1 Å². The zero-order valence-corrected chi connectivity index (χ0v) is 19.9. The second-order valence-electron chi connectivity index (χ2n) is 8.31. The molecule has 0 unspecified atom stereocenters. The number of hydrogen-bond acceptors (Lipinski definition) is 9. The van der Waals surface area contributed by atoms with Crippen molar-refractivity contribution in [2.45, 2.75) is 38.9 Å². The molecule has 0 radical (unpaired) electrons. The van der Waals surface area contributed by atoms with Crippen LogP contribution in [0.2, 0.25) is 0 Å². The van der Waals surface area contributed by atoms with E-state index in [4.69, 9.17) is 13.9 Å². The van der Waals surface area contributed by atoms with Crippen molar-refractivity contribution in [2.75, 3.05) is 19.1 Å². The van der Waals surface area contributed by atoms with Crippen LogP contribution >= 0.6 is 0 Å². The Morgan fingerprint density at radius 1 is 1.03 bits per heavy atom. The summed E-state index contributed by atoms with van der Waals surface area (Å²) in [6.45, 7) is 4.00. The molecule has 0 N–H and O–H groups in total. The van der Waals surface area contributed by atoms with E-state index >= 15 is 0 Å². The minimum atomic E-state index is -0.873. The Balaban J connectivity index is 1.38. The topological polar surface area (TPSA) is 110 Å². The quantitative estimate of drug-likeness (QED) is 0.479. The molecule has 0 spiro atoms. The summed E-state index contributed by atoms with van der Waals surface area (Å²) in [5.41, 5.74) is 2.91. The van der Waals surface area contributed by atoms with E-state index in [2.05, 4.69) is 15.3 Å². The van der Waals surface area contributed by atoms with E-state index in [0.29, 0.717) is 40.1 Å². The molecule has 180 valence electrons. The standard InChI is InChI=1S/C25H25N5O5/c1-5-15-6-8-16(9-7-15)30-24(31)21-22(25(30)32)29(28-27-21)13-19-14(2)35-23(26-19)18-11-10-17(33-3)12-20(18)34-4/h6-12,21-22H,5,13H2,1-4H3/t21-,22-/m0/s1. The van der Waals surface area contributed by atoms with E-state index in [-0.39, 0.29) is 18.4 Å². The third-order valence-electron chi connectivity index (χ3n) is 6.30. The summed E-state index contributed by atoms with van der Waals surface area (Å²) in [7, 11) is 3.14. The largest absolute Gasteiger partial charge is 0.497 e. The summed E-state index contributed by atoms with van der Waals surface area (Å²) in [4.78, 5) is 32.1. The number of ether oxygens (including phenoxy) is 2. The zero-order valence-electron chi connectivity index (χ0n) is 19.9. The summed E-state index contributed by atoms with van der Waals surface area (Å²) in [5, 5.41) is 9.73. The van der Waals surface area contributed by atoms with Gasteiger partial charge in [-0.25, -0.2) is 9.88 Å². The van der Waals surface area contributed by atoms with Crippen LogP contribution in [0, 0.1) is 6.92 Å². The highest BCUT2D eigenvalue weighted by Gasteiger charge is 2.54. The Morgan fingerprint density at radius 2 is 1.80 bits per heavy atom. The number of carbonyl (C=O) groups excluding carboxylic acids is 2. The molecule has 0 aliphatic carbocycles. The van der Waals surface area contributed by atoms with Gasteiger partial charge in [-0.3, -0.25) is 14.6 Å². The fourth-order valence-electron chi connectivity index (χ4n) is 4.31. The second-order valence-corrected chi connectivity index (χ2v) is 8.31. The maximum absolute atomic E-state index is 13.3. The van der Waals surface area contributed by atoms with Gasteiger partial charge in [0.25, 0.3) is 11.8 Å². The molecule has 2 aromatic carbocycles. The van der Waals surface area contributed by atoms with Crippen LogP contribution in [0.3, 0.4) is 0 Å². The minimum absolute atomic E-state index is 0.167. The third kappa shape index (κ3) is 3.80. The third-order valence-corrected chi connectivity index (χ3v) is 6.30. The monoisotopic (exact) mass is 475 g/mol. The van der Waals surface area contributed by atoms with Crippen molar-refractivity contribution < 1.29 is 23.5 Å². The van der Waals surface area contributed by atoms with E-state index in [1.54, 1.807) is 51.5 Å². The van der Waals surface area contributed by atoms with Crippen LogP contribution in [-0.4, -0.2) is 48.1 Å². The summed E-state index contributed by atoms with van der Waals surface area (Å²) in [6, 6.07) is 11.1. The number of amides is 2. The smallest absolute Gasteiger partial charge is 0.263 e. The number of methoxy groups -OCH3 is 2. The van der Waals surface area contributed by atoms with Gasteiger partial charge >= 0.3 is 0 Å². The highest BCUT2D eigenvalue weighted by molar-refractivity contribution is 6.25. The van der Waals surface area contributed by atoms with Crippen LogP contribution < -0.4 is 14.4 Å². The zero-order chi connectivity index (χ0) is 24.7. The van der Waals surface area contributed by atoms with Gasteiger partial charge in [0, 0.05) is 6.07 Å². The molecular formula is C25H25N5O5. The number of anilines is 1. The van der Waals surface area contributed by atoms with Crippen molar-refractivity contribution in [2.24, 2.45) is 10.3 Å². The Morgan fingerprint density at radius 3 is 2.49 bits per heavy atom. The number of aromatic nitrogens is 1. The molecule has 0 bridgehead atoms. The fraction of sp³-hybridized carbons (Fsp3) is 0.320. The van der Waals surface area contributed by atoms with Crippen molar-refractivity contribution >= 4 is 17.5 Å². The van der Waals surface area contributed by atoms with Crippen LogP contribution in [0.4, 0.5) is 5.69 Å². The van der Waals surface area contributed by atoms with Gasteiger partial charge in [0.1, 0.15) is 23.0 Å². The first kappa shape index (κ1) is 22.6.